The van der Waals surface area contributed by atoms with Crippen molar-refractivity contribution in [2.24, 2.45) is 5.73 Å². The first-order valence-electron chi connectivity index (χ1n) is 9.49. The highest BCUT2D eigenvalue weighted by molar-refractivity contribution is 7.12. The van der Waals surface area contributed by atoms with E-state index >= 15 is 0 Å². The number of nitrogens with two attached hydrogens (primary N) is 1. The molecule has 0 saturated heterocycles. The number of thiazole rings is 1. The SMILES string of the molecule is CCOC(C)c1nc(C(N)=O)c([C@@H](C)Cn2ccc(-c3ccc(C#N)c(Cl)c3)n2)s1. The first-order valence-corrected chi connectivity index (χ1v) is 10.7. The Morgan fingerprint density at radius 2 is 2.17 bits per heavy atom. The highest BCUT2D eigenvalue weighted by atomic mass is 35.5. The van der Waals surface area contributed by atoms with E-state index in [4.69, 9.17) is 27.3 Å². The molecule has 1 aromatic carbocycles. The van der Waals surface area contributed by atoms with E-state index in [9.17, 15) is 4.79 Å². The van der Waals surface area contributed by atoms with E-state index in [0.717, 1.165) is 21.1 Å². The minimum atomic E-state index is -0.545. The average molecular weight is 444 g/mol. The summed E-state index contributed by atoms with van der Waals surface area (Å²) in [6.07, 6.45) is 1.67. The zero-order valence-electron chi connectivity index (χ0n) is 16.9. The van der Waals surface area contributed by atoms with Gasteiger partial charge in [0.1, 0.15) is 22.9 Å². The predicted molar refractivity (Wildman–Crippen MR) is 116 cm³/mol. The van der Waals surface area contributed by atoms with Crippen molar-refractivity contribution in [3.05, 3.63) is 56.6 Å². The number of nitriles is 1. The van der Waals surface area contributed by atoms with E-state index in [1.807, 2.05) is 49.9 Å². The lowest BCUT2D eigenvalue weighted by Gasteiger charge is -2.11. The standard InChI is InChI=1S/C21H22ClN5O2S/c1-4-29-13(3)21-25-18(20(24)28)19(30-21)12(2)11-27-8-7-17(26-27)14-5-6-15(10-23)16(22)9-14/h5-9,12-13H,4,11H2,1-3H3,(H2,24,28)/t12-,13?/m0/s1. The van der Waals surface area contributed by atoms with Crippen LogP contribution in [0.3, 0.4) is 0 Å². The maximum Gasteiger partial charge on any atom is 0.268 e. The normalized spacial score (nSPS) is 13.0. The molecule has 0 aliphatic rings. The molecule has 0 aliphatic carbocycles. The van der Waals surface area contributed by atoms with Crippen LogP contribution in [-0.4, -0.2) is 27.3 Å². The highest BCUT2D eigenvalue weighted by Crippen LogP contribution is 2.32. The fraction of sp³-hybridized carbons (Fsp3) is 0.333. The third kappa shape index (κ3) is 4.70. The van der Waals surface area contributed by atoms with Crippen LogP contribution in [0.15, 0.2) is 30.5 Å². The number of hydrogen-bond donors (Lipinski definition) is 1. The molecule has 7 nitrogen and oxygen atoms in total. The number of primary amides is 1. The maximum absolute atomic E-state index is 11.9. The number of halogens is 1. The second-order valence-corrected chi connectivity index (χ2v) is 8.33. The van der Waals surface area contributed by atoms with Crippen molar-refractivity contribution in [1.82, 2.24) is 14.8 Å². The molecule has 156 valence electrons. The highest BCUT2D eigenvalue weighted by Gasteiger charge is 2.23. The topological polar surface area (TPSA) is 107 Å². The fourth-order valence-electron chi connectivity index (χ4n) is 3.10. The number of carbonyl (C=O) groups excluding carboxylic acids is 1. The van der Waals surface area contributed by atoms with E-state index < -0.39 is 5.91 Å². The van der Waals surface area contributed by atoms with Crippen molar-refractivity contribution in [2.75, 3.05) is 6.61 Å². The Balaban J connectivity index is 1.82. The third-order valence-corrected chi connectivity index (χ3v) is 6.36. The Labute approximate surface area is 184 Å². The molecule has 0 radical (unpaired) electrons. The van der Waals surface area contributed by atoms with Gasteiger partial charge in [-0.05, 0) is 32.0 Å². The van der Waals surface area contributed by atoms with Crippen LogP contribution < -0.4 is 5.73 Å². The van der Waals surface area contributed by atoms with Crippen LogP contribution in [0.2, 0.25) is 5.02 Å². The van der Waals surface area contributed by atoms with Crippen molar-refractivity contribution in [1.29, 1.82) is 5.26 Å². The van der Waals surface area contributed by atoms with Crippen LogP contribution >= 0.6 is 22.9 Å². The predicted octanol–water partition coefficient (Wildman–Crippen LogP) is 4.53. The van der Waals surface area contributed by atoms with E-state index in [-0.39, 0.29) is 12.0 Å². The van der Waals surface area contributed by atoms with E-state index in [0.29, 0.717) is 29.4 Å². The van der Waals surface area contributed by atoms with Gasteiger partial charge in [0, 0.05) is 35.7 Å². The lowest BCUT2D eigenvalue weighted by Crippen LogP contribution is -2.16. The van der Waals surface area contributed by atoms with Gasteiger partial charge in [0.05, 0.1) is 16.3 Å². The first-order chi connectivity index (χ1) is 14.3. The van der Waals surface area contributed by atoms with Crippen LogP contribution in [-0.2, 0) is 11.3 Å². The smallest absolute Gasteiger partial charge is 0.268 e. The van der Waals surface area contributed by atoms with Crippen molar-refractivity contribution in [2.45, 2.75) is 39.3 Å². The van der Waals surface area contributed by atoms with Gasteiger partial charge in [-0.1, -0.05) is 24.6 Å². The van der Waals surface area contributed by atoms with Crippen molar-refractivity contribution in [3.63, 3.8) is 0 Å². The Hall–Kier alpha value is -2.73. The van der Waals surface area contributed by atoms with Gasteiger partial charge in [-0.2, -0.15) is 10.4 Å². The summed E-state index contributed by atoms with van der Waals surface area (Å²) in [5.41, 5.74) is 7.85. The summed E-state index contributed by atoms with van der Waals surface area (Å²) in [6, 6.07) is 9.15. The average Bonchev–Trinajstić information content (AvgIpc) is 3.35. The van der Waals surface area contributed by atoms with E-state index in [2.05, 4.69) is 10.1 Å². The Bertz CT molecular complexity index is 1100. The quantitative estimate of drug-likeness (QED) is 0.550. The molecule has 2 heterocycles. The summed E-state index contributed by atoms with van der Waals surface area (Å²) in [4.78, 5) is 17.2. The summed E-state index contributed by atoms with van der Waals surface area (Å²) in [6.45, 7) is 6.94. The molecular formula is C21H22ClN5O2S. The molecule has 3 rings (SSSR count). The molecule has 1 amide bonds. The van der Waals surface area contributed by atoms with Crippen LogP contribution in [0.1, 0.15) is 58.7 Å². The van der Waals surface area contributed by atoms with Crippen LogP contribution in [0.25, 0.3) is 11.3 Å². The van der Waals surface area contributed by atoms with Gasteiger partial charge in [0.25, 0.3) is 5.91 Å². The zero-order valence-corrected chi connectivity index (χ0v) is 18.5. The van der Waals surface area contributed by atoms with Gasteiger partial charge in [-0.3, -0.25) is 9.48 Å². The number of hydrogen-bond acceptors (Lipinski definition) is 6. The minimum absolute atomic E-state index is 0.0233. The van der Waals surface area contributed by atoms with Crippen LogP contribution in [0.4, 0.5) is 0 Å². The molecule has 2 N–H and O–H groups in total. The van der Waals surface area contributed by atoms with E-state index in [1.54, 1.807) is 12.1 Å². The molecule has 2 atom stereocenters. The lowest BCUT2D eigenvalue weighted by atomic mass is 10.1. The van der Waals surface area contributed by atoms with Crippen LogP contribution in [0, 0.1) is 11.3 Å². The molecule has 1 unspecified atom stereocenters. The largest absolute Gasteiger partial charge is 0.372 e. The number of ether oxygens (including phenoxy) is 1. The Morgan fingerprint density at radius 1 is 1.40 bits per heavy atom. The Morgan fingerprint density at radius 3 is 2.80 bits per heavy atom. The number of benzene rings is 1. The number of nitrogens with zero attached hydrogens (tertiary/aromatic N) is 4. The summed E-state index contributed by atoms with van der Waals surface area (Å²) in [5, 5.41) is 14.8. The summed E-state index contributed by atoms with van der Waals surface area (Å²) >= 11 is 7.58. The number of aromatic nitrogens is 3. The minimum Gasteiger partial charge on any atom is -0.372 e. The van der Waals surface area contributed by atoms with Crippen LogP contribution in [0.5, 0.6) is 0 Å². The van der Waals surface area contributed by atoms with Crippen molar-refractivity contribution >= 4 is 28.8 Å². The number of amides is 1. The maximum atomic E-state index is 11.9. The van der Waals surface area contributed by atoms with Gasteiger partial charge in [0.2, 0.25) is 0 Å². The summed E-state index contributed by atoms with van der Waals surface area (Å²) in [7, 11) is 0. The van der Waals surface area contributed by atoms with Gasteiger partial charge in [-0.25, -0.2) is 4.98 Å². The van der Waals surface area contributed by atoms with Gasteiger partial charge in [0.15, 0.2) is 0 Å². The number of rotatable bonds is 8. The molecule has 0 bridgehead atoms. The second kappa shape index (κ2) is 9.39. The van der Waals surface area contributed by atoms with Gasteiger partial charge >= 0.3 is 0 Å². The van der Waals surface area contributed by atoms with Crippen molar-refractivity contribution in [3.8, 4) is 17.3 Å². The molecule has 30 heavy (non-hydrogen) atoms. The second-order valence-electron chi connectivity index (χ2n) is 6.86. The zero-order chi connectivity index (χ0) is 21.8. The van der Waals surface area contributed by atoms with E-state index in [1.165, 1.54) is 11.3 Å². The Kier molecular flexibility index (Phi) is 6.87. The summed E-state index contributed by atoms with van der Waals surface area (Å²) in [5.74, 6) is -0.568. The third-order valence-electron chi connectivity index (χ3n) is 4.60. The molecule has 0 spiro atoms. The monoisotopic (exact) mass is 443 g/mol. The molecule has 2 aromatic heterocycles. The first kappa shape index (κ1) is 22.0. The van der Waals surface area contributed by atoms with Gasteiger partial charge < -0.3 is 10.5 Å². The molecule has 9 heteroatoms. The fourth-order valence-corrected chi connectivity index (χ4v) is 4.44. The van der Waals surface area contributed by atoms with Gasteiger partial charge in [-0.15, -0.1) is 11.3 Å². The molecule has 0 fully saturated rings. The number of carbonyl (C=O) groups is 1. The molecular weight excluding hydrogens is 422 g/mol. The molecule has 3 aromatic rings. The molecule has 0 aliphatic heterocycles. The molecule has 0 saturated carbocycles. The lowest BCUT2D eigenvalue weighted by molar-refractivity contribution is 0.0760. The van der Waals surface area contributed by atoms with Crippen molar-refractivity contribution < 1.29 is 9.53 Å². The summed E-state index contributed by atoms with van der Waals surface area (Å²) < 4.78 is 7.41.